The molecule has 2 unspecified atom stereocenters. The Balaban J connectivity index is 1.44. The number of hydrogen-bond donors (Lipinski definition) is 1. The van der Waals surface area contributed by atoms with E-state index >= 15 is 0 Å². The second-order valence-electron chi connectivity index (χ2n) is 5.19. The molecule has 0 amide bonds. The second kappa shape index (κ2) is 4.19. The maximum absolute atomic E-state index is 5.68. The molecule has 0 bridgehead atoms. The topological polar surface area (TPSA) is 33.6 Å². The average molecular weight is 260 g/mol. The molecule has 94 valence electrons. The van der Waals surface area contributed by atoms with Crippen molar-refractivity contribution in [1.29, 1.82) is 0 Å². The van der Waals surface area contributed by atoms with Gasteiger partial charge in [0.15, 0.2) is 5.17 Å². The molecule has 4 heteroatoms. The first-order chi connectivity index (χ1) is 8.90. The van der Waals surface area contributed by atoms with Crippen molar-refractivity contribution in [1.82, 2.24) is 5.32 Å². The van der Waals surface area contributed by atoms with Crippen molar-refractivity contribution >= 4 is 16.9 Å². The van der Waals surface area contributed by atoms with E-state index in [2.05, 4.69) is 22.4 Å². The molecule has 2 aliphatic heterocycles. The van der Waals surface area contributed by atoms with Crippen LogP contribution in [-0.4, -0.2) is 23.6 Å². The highest BCUT2D eigenvalue weighted by molar-refractivity contribution is 8.14. The summed E-state index contributed by atoms with van der Waals surface area (Å²) in [5.74, 6) is 1.93. The van der Waals surface area contributed by atoms with Gasteiger partial charge in [-0.25, -0.2) is 0 Å². The fourth-order valence-corrected chi connectivity index (χ4v) is 3.87. The van der Waals surface area contributed by atoms with Crippen LogP contribution in [0.15, 0.2) is 29.3 Å². The lowest BCUT2D eigenvalue weighted by atomic mass is 10.1. The molecular weight excluding hydrogens is 244 g/mol. The standard InChI is InChI=1S/C14H16N2OS/c1-2-4-12-10(3-1)11(8-17-12)16-14-15-7-13(18-14)9-5-6-9/h1-4,9,11,13H,5-8H2,(H,15,16). The molecule has 0 radical (unpaired) electrons. The molecule has 1 aromatic rings. The van der Waals surface area contributed by atoms with Crippen LogP contribution in [0.25, 0.3) is 0 Å². The van der Waals surface area contributed by atoms with E-state index in [1.54, 1.807) is 0 Å². The Morgan fingerprint density at radius 3 is 3.06 bits per heavy atom. The molecule has 3 nitrogen and oxygen atoms in total. The minimum absolute atomic E-state index is 0.269. The molecule has 18 heavy (non-hydrogen) atoms. The summed E-state index contributed by atoms with van der Waals surface area (Å²) in [5, 5.41) is 5.37. The number of rotatable bonds is 2. The SMILES string of the molecule is c1ccc2c(c1)OCC2NC1=NCC(C2CC2)S1. The van der Waals surface area contributed by atoms with Gasteiger partial charge in [0, 0.05) is 10.8 Å². The highest BCUT2D eigenvalue weighted by atomic mass is 32.2. The van der Waals surface area contributed by atoms with Gasteiger partial charge < -0.3 is 10.1 Å². The van der Waals surface area contributed by atoms with Crippen LogP contribution in [0.3, 0.4) is 0 Å². The van der Waals surface area contributed by atoms with Gasteiger partial charge in [0.2, 0.25) is 0 Å². The van der Waals surface area contributed by atoms with Crippen molar-refractivity contribution in [2.24, 2.45) is 10.9 Å². The molecule has 2 atom stereocenters. The summed E-state index contributed by atoms with van der Waals surface area (Å²) < 4.78 is 5.68. The summed E-state index contributed by atoms with van der Waals surface area (Å²) in [6, 6.07) is 8.53. The van der Waals surface area contributed by atoms with Crippen molar-refractivity contribution in [2.75, 3.05) is 13.2 Å². The number of amidine groups is 1. The largest absolute Gasteiger partial charge is 0.491 e. The molecule has 0 aromatic heterocycles. The molecule has 0 spiro atoms. The maximum atomic E-state index is 5.68. The summed E-state index contributed by atoms with van der Waals surface area (Å²) >= 11 is 1.93. The van der Waals surface area contributed by atoms with E-state index in [1.165, 1.54) is 18.4 Å². The van der Waals surface area contributed by atoms with Gasteiger partial charge >= 0.3 is 0 Å². The number of aliphatic imine (C=N–C) groups is 1. The molecule has 1 fully saturated rings. The molecular formula is C14H16N2OS. The first-order valence-electron chi connectivity index (χ1n) is 6.59. The lowest BCUT2D eigenvalue weighted by molar-refractivity contribution is 0.325. The quantitative estimate of drug-likeness (QED) is 0.887. The van der Waals surface area contributed by atoms with Gasteiger partial charge in [-0.3, -0.25) is 4.99 Å². The third kappa shape index (κ3) is 1.88. The fraction of sp³-hybridized carbons (Fsp3) is 0.500. The van der Waals surface area contributed by atoms with Gasteiger partial charge in [-0.1, -0.05) is 30.0 Å². The van der Waals surface area contributed by atoms with Gasteiger partial charge in [-0.15, -0.1) is 0 Å². The van der Waals surface area contributed by atoms with Crippen LogP contribution >= 0.6 is 11.8 Å². The summed E-state index contributed by atoms with van der Waals surface area (Å²) in [6.45, 7) is 1.71. The van der Waals surface area contributed by atoms with E-state index < -0.39 is 0 Å². The van der Waals surface area contributed by atoms with Crippen LogP contribution in [0, 0.1) is 5.92 Å². The minimum Gasteiger partial charge on any atom is -0.491 e. The van der Waals surface area contributed by atoms with Crippen LogP contribution in [-0.2, 0) is 0 Å². The maximum Gasteiger partial charge on any atom is 0.157 e. The number of nitrogens with zero attached hydrogens (tertiary/aromatic N) is 1. The Labute approximate surface area is 111 Å². The van der Waals surface area contributed by atoms with E-state index in [0.29, 0.717) is 6.61 Å². The predicted molar refractivity (Wildman–Crippen MR) is 74.2 cm³/mol. The number of nitrogens with one attached hydrogen (secondary N) is 1. The Kier molecular flexibility index (Phi) is 2.50. The Morgan fingerprint density at radius 2 is 2.17 bits per heavy atom. The van der Waals surface area contributed by atoms with Crippen molar-refractivity contribution in [3.05, 3.63) is 29.8 Å². The van der Waals surface area contributed by atoms with Gasteiger partial charge in [-0.05, 0) is 24.8 Å². The number of para-hydroxylation sites is 1. The van der Waals surface area contributed by atoms with E-state index in [0.717, 1.165) is 28.6 Å². The number of ether oxygens (including phenoxy) is 1. The zero-order valence-electron chi connectivity index (χ0n) is 10.1. The predicted octanol–water partition coefficient (Wildman–Crippen LogP) is 2.59. The molecule has 1 aliphatic carbocycles. The molecule has 0 saturated heterocycles. The number of fused-ring (bicyclic) bond motifs is 1. The lowest BCUT2D eigenvalue weighted by Gasteiger charge is -2.13. The van der Waals surface area contributed by atoms with Crippen LogP contribution in [0.1, 0.15) is 24.4 Å². The van der Waals surface area contributed by atoms with Crippen LogP contribution in [0.4, 0.5) is 0 Å². The monoisotopic (exact) mass is 260 g/mol. The van der Waals surface area contributed by atoms with Crippen molar-refractivity contribution in [3.63, 3.8) is 0 Å². The highest BCUT2D eigenvalue weighted by Gasteiger charge is 2.36. The van der Waals surface area contributed by atoms with Gasteiger partial charge in [0.25, 0.3) is 0 Å². The van der Waals surface area contributed by atoms with Gasteiger partial charge in [0.05, 0.1) is 12.6 Å². The smallest absolute Gasteiger partial charge is 0.157 e. The zero-order valence-corrected chi connectivity index (χ0v) is 11.0. The van der Waals surface area contributed by atoms with Crippen LogP contribution < -0.4 is 10.1 Å². The van der Waals surface area contributed by atoms with Crippen LogP contribution in [0.5, 0.6) is 5.75 Å². The average Bonchev–Trinajstić information content (AvgIpc) is 3.02. The molecule has 1 saturated carbocycles. The second-order valence-corrected chi connectivity index (χ2v) is 6.41. The first-order valence-corrected chi connectivity index (χ1v) is 7.47. The Hall–Kier alpha value is -1.16. The molecule has 1 N–H and O–H groups in total. The summed E-state index contributed by atoms with van der Waals surface area (Å²) in [4.78, 5) is 4.63. The summed E-state index contributed by atoms with van der Waals surface area (Å²) in [5.41, 5.74) is 1.26. The van der Waals surface area contributed by atoms with E-state index in [-0.39, 0.29) is 6.04 Å². The molecule has 2 heterocycles. The number of hydrogen-bond acceptors (Lipinski definition) is 4. The van der Waals surface area contributed by atoms with Crippen molar-refractivity contribution in [2.45, 2.75) is 24.1 Å². The van der Waals surface area contributed by atoms with E-state index in [1.807, 2.05) is 23.9 Å². The Morgan fingerprint density at radius 1 is 1.28 bits per heavy atom. The van der Waals surface area contributed by atoms with Gasteiger partial charge in [0.1, 0.15) is 12.4 Å². The number of thioether (sulfide) groups is 1. The van der Waals surface area contributed by atoms with Crippen molar-refractivity contribution in [3.8, 4) is 5.75 Å². The third-order valence-corrected chi connectivity index (χ3v) is 5.13. The molecule has 1 aromatic carbocycles. The lowest BCUT2D eigenvalue weighted by Crippen LogP contribution is -2.26. The van der Waals surface area contributed by atoms with Crippen LogP contribution in [0.2, 0.25) is 0 Å². The zero-order chi connectivity index (χ0) is 11.9. The first kappa shape index (κ1) is 10.7. The van der Waals surface area contributed by atoms with Gasteiger partial charge in [-0.2, -0.15) is 0 Å². The highest BCUT2D eigenvalue weighted by Crippen LogP contribution is 2.42. The fourth-order valence-electron chi connectivity index (χ4n) is 2.61. The minimum atomic E-state index is 0.269. The van der Waals surface area contributed by atoms with Crippen molar-refractivity contribution < 1.29 is 4.74 Å². The molecule has 4 rings (SSSR count). The molecule has 3 aliphatic rings. The van der Waals surface area contributed by atoms with E-state index in [9.17, 15) is 0 Å². The summed E-state index contributed by atoms with van der Waals surface area (Å²) in [7, 11) is 0. The third-order valence-electron chi connectivity index (χ3n) is 3.82. The Bertz CT molecular complexity index is 498. The summed E-state index contributed by atoms with van der Waals surface area (Å²) in [6.07, 6.45) is 2.80. The van der Waals surface area contributed by atoms with E-state index in [4.69, 9.17) is 4.74 Å². The number of benzene rings is 1. The normalized spacial score (nSPS) is 29.7.